The predicted molar refractivity (Wildman–Crippen MR) is 109 cm³/mol. The number of ketones is 1. The Morgan fingerprint density at radius 2 is 2.07 bits per heavy atom. The van der Waals surface area contributed by atoms with Crippen molar-refractivity contribution in [2.45, 2.75) is 45.4 Å². The molecule has 1 amide bonds. The summed E-state index contributed by atoms with van der Waals surface area (Å²) < 4.78 is 2.00. The summed E-state index contributed by atoms with van der Waals surface area (Å²) in [7, 11) is 0. The summed E-state index contributed by atoms with van der Waals surface area (Å²) in [4.78, 5) is 29.3. The number of rotatable bonds is 5. The first-order chi connectivity index (χ1) is 13.5. The van der Waals surface area contributed by atoms with E-state index < -0.39 is 0 Å². The average molecular weight is 397 g/mol. The van der Waals surface area contributed by atoms with Gasteiger partial charge >= 0.3 is 0 Å². The maximum Gasteiger partial charge on any atom is 0.223 e. The number of hydrogen-bond acceptors (Lipinski definition) is 5. The first-order valence-corrected chi connectivity index (χ1v) is 10.5. The number of aryl methyl sites for hydroxylation is 2. The van der Waals surface area contributed by atoms with Gasteiger partial charge < -0.3 is 4.90 Å². The summed E-state index contributed by atoms with van der Waals surface area (Å²) in [6, 6.07) is 7.77. The molecular formula is C21H24N4O2S. The lowest BCUT2D eigenvalue weighted by molar-refractivity contribution is -0.132. The molecule has 4 rings (SSSR count). The van der Waals surface area contributed by atoms with E-state index in [2.05, 4.69) is 10.2 Å². The van der Waals surface area contributed by atoms with Gasteiger partial charge in [-0.1, -0.05) is 6.07 Å². The van der Waals surface area contributed by atoms with Crippen molar-refractivity contribution in [2.75, 3.05) is 13.1 Å². The lowest BCUT2D eigenvalue weighted by Crippen LogP contribution is -2.39. The number of nitrogens with zero attached hydrogens (tertiary/aromatic N) is 4. The SMILES string of the molecule is Cc1cc(C(=O)CCC(=O)N2CCCC(c3nnc4ccccn34)C2)c(C)s1. The van der Waals surface area contributed by atoms with Crippen molar-refractivity contribution < 1.29 is 9.59 Å². The molecule has 7 heteroatoms. The summed E-state index contributed by atoms with van der Waals surface area (Å²) in [5.41, 5.74) is 1.59. The Balaban J connectivity index is 1.39. The molecule has 0 spiro atoms. The van der Waals surface area contributed by atoms with Crippen LogP contribution in [0.3, 0.4) is 0 Å². The summed E-state index contributed by atoms with van der Waals surface area (Å²) >= 11 is 1.63. The first kappa shape index (κ1) is 18.8. The minimum Gasteiger partial charge on any atom is -0.342 e. The maximum absolute atomic E-state index is 12.7. The molecule has 1 aliphatic heterocycles. The topological polar surface area (TPSA) is 67.6 Å². The van der Waals surface area contributed by atoms with Gasteiger partial charge in [0.1, 0.15) is 5.82 Å². The van der Waals surface area contributed by atoms with E-state index in [1.54, 1.807) is 11.3 Å². The van der Waals surface area contributed by atoms with Crippen molar-refractivity contribution in [1.29, 1.82) is 0 Å². The van der Waals surface area contributed by atoms with Crippen LogP contribution in [-0.2, 0) is 4.79 Å². The summed E-state index contributed by atoms with van der Waals surface area (Å²) in [5, 5.41) is 8.59. The molecule has 3 aromatic rings. The van der Waals surface area contributed by atoms with Crippen molar-refractivity contribution in [2.24, 2.45) is 0 Å². The van der Waals surface area contributed by atoms with Crippen LogP contribution in [0.25, 0.3) is 5.65 Å². The van der Waals surface area contributed by atoms with Crippen molar-refractivity contribution >= 4 is 28.7 Å². The number of carbonyl (C=O) groups is 2. The summed E-state index contributed by atoms with van der Waals surface area (Å²) in [6.45, 7) is 5.35. The Morgan fingerprint density at radius 3 is 2.86 bits per heavy atom. The van der Waals surface area contributed by atoms with Crippen LogP contribution in [0.1, 0.15) is 57.5 Å². The highest BCUT2D eigenvalue weighted by Crippen LogP contribution is 2.27. The molecule has 1 aliphatic rings. The second-order valence-electron chi connectivity index (χ2n) is 7.42. The monoisotopic (exact) mass is 396 g/mol. The van der Waals surface area contributed by atoms with Crippen LogP contribution in [0, 0.1) is 13.8 Å². The molecule has 0 saturated carbocycles. The number of aromatic nitrogens is 3. The predicted octanol–water partition coefficient (Wildman–Crippen LogP) is 3.78. The summed E-state index contributed by atoms with van der Waals surface area (Å²) in [6.07, 6.45) is 4.43. The van der Waals surface area contributed by atoms with Crippen molar-refractivity contribution in [1.82, 2.24) is 19.5 Å². The Bertz CT molecular complexity index is 1020. The third-order valence-electron chi connectivity index (χ3n) is 5.39. The van der Waals surface area contributed by atoms with Crippen LogP contribution in [0.2, 0.25) is 0 Å². The van der Waals surface area contributed by atoms with E-state index in [0.29, 0.717) is 6.54 Å². The van der Waals surface area contributed by atoms with Crippen LogP contribution in [0.15, 0.2) is 30.5 Å². The van der Waals surface area contributed by atoms with Gasteiger partial charge in [-0.05, 0) is 44.9 Å². The Morgan fingerprint density at radius 1 is 1.21 bits per heavy atom. The number of pyridine rings is 1. The average Bonchev–Trinajstić information content (AvgIpc) is 3.28. The fraction of sp³-hybridized carbons (Fsp3) is 0.429. The third kappa shape index (κ3) is 3.71. The van der Waals surface area contributed by atoms with Crippen molar-refractivity contribution in [3.05, 3.63) is 51.6 Å². The van der Waals surface area contributed by atoms with Crippen LogP contribution in [-0.4, -0.2) is 44.3 Å². The van der Waals surface area contributed by atoms with Crippen LogP contribution >= 0.6 is 11.3 Å². The molecule has 0 aromatic carbocycles. The molecule has 0 bridgehead atoms. The fourth-order valence-corrected chi connectivity index (χ4v) is 4.92. The van der Waals surface area contributed by atoms with Gasteiger partial charge in [0.25, 0.3) is 0 Å². The van der Waals surface area contributed by atoms with Gasteiger partial charge in [-0.3, -0.25) is 14.0 Å². The van der Waals surface area contributed by atoms with Gasteiger partial charge in [0, 0.05) is 53.4 Å². The van der Waals surface area contributed by atoms with Crippen LogP contribution < -0.4 is 0 Å². The number of carbonyl (C=O) groups excluding carboxylic acids is 2. The van der Waals surface area contributed by atoms with E-state index in [0.717, 1.165) is 46.2 Å². The van der Waals surface area contributed by atoms with Gasteiger partial charge in [-0.15, -0.1) is 21.5 Å². The zero-order chi connectivity index (χ0) is 19.7. The first-order valence-electron chi connectivity index (χ1n) is 9.70. The highest BCUT2D eigenvalue weighted by Gasteiger charge is 2.28. The maximum atomic E-state index is 12.7. The molecule has 1 unspecified atom stereocenters. The smallest absolute Gasteiger partial charge is 0.223 e. The van der Waals surface area contributed by atoms with Crippen LogP contribution in [0.5, 0.6) is 0 Å². The molecule has 6 nitrogen and oxygen atoms in total. The second kappa shape index (κ2) is 7.83. The number of fused-ring (bicyclic) bond motifs is 1. The quantitative estimate of drug-likeness (QED) is 0.616. The lowest BCUT2D eigenvalue weighted by Gasteiger charge is -2.32. The number of Topliss-reactive ketones (excluding diaryl/α,β-unsaturated/α-hetero) is 1. The molecule has 3 aromatic heterocycles. The highest BCUT2D eigenvalue weighted by atomic mass is 32.1. The van der Waals surface area contributed by atoms with Gasteiger partial charge in [-0.2, -0.15) is 0 Å². The molecule has 1 saturated heterocycles. The lowest BCUT2D eigenvalue weighted by atomic mass is 9.96. The molecule has 0 radical (unpaired) electrons. The molecule has 28 heavy (non-hydrogen) atoms. The van der Waals surface area contributed by atoms with Gasteiger partial charge in [-0.25, -0.2) is 0 Å². The minimum atomic E-state index is 0.0523. The number of thiophene rings is 1. The van der Waals surface area contributed by atoms with E-state index in [-0.39, 0.29) is 30.4 Å². The van der Waals surface area contributed by atoms with E-state index in [9.17, 15) is 9.59 Å². The molecule has 146 valence electrons. The molecule has 0 aliphatic carbocycles. The fourth-order valence-electron chi connectivity index (χ4n) is 3.97. The standard InChI is InChI=1S/C21H24N4O2S/c1-14-12-17(15(2)28-14)18(26)8-9-20(27)24-10-5-6-16(13-24)21-23-22-19-7-3-4-11-25(19)21/h3-4,7,11-12,16H,5-6,8-10,13H2,1-2H3. The van der Waals surface area contributed by atoms with Crippen LogP contribution in [0.4, 0.5) is 0 Å². The van der Waals surface area contributed by atoms with Gasteiger partial charge in [0.15, 0.2) is 11.4 Å². The van der Waals surface area contributed by atoms with E-state index in [4.69, 9.17) is 0 Å². The Hall–Kier alpha value is -2.54. The van der Waals surface area contributed by atoms with Crippen molar-refractivity contribution in [3.63, 3.8) is 0 Å². The zero-order valence-electron chi connectivity index (χ0n) is 16.2. The number of hydrogen-bond donors (Lipinski definition) is 0. The number of piperidine rings is 1. The van der Waals surface area contributed by atoms with E-state index >= 15 is 0 Å². The van der Waals surface area contributed by atoms with Gasteiger partial charge in [0.2, 0.25) is 5.91 Å². The third-order valence-corrected chi connectivity index (χ3v) is 6.35. The normalized spacial score (nSPS) is 17.2. The largest absolute Gasteiger partial charge is 0.342 e. The second-order valence-corrected chi connectivity index (χ2v) is 8.88. The number of amides is 1. The molecule has 4 heterocycles. The molecule has 1 fully saturated rings. The minimum absolute atomic E-state index is 0.0523. The Labute approximate surface area is 168 Å². The highest BCUT2D eigenvalue weighted by molar-refractivity contribution is 7.12. The molecular weight excluding hydrogens is 372 g/mol. The van der Waals surface area contributed by atoms with E-state index in [1.807, 2.05) is 53.6 Å². The van der Waals surface area contributed by atoms with E-state index in [1.165, 1.54) is 0 Å². The number of likely N-dealkylation sites (tertiary alicyclic amines) is 1. The van der Waals surface area contributed by atoms with Crippen molar-refractivity contribution in [3.8, 4) is 0 Å². The zero-order valence-corrected chi connectivity index (χ0v) is 17.0. The van der Waals surface area contributed by atoms with Gasteiger partial charge in [0.05, 0.1) is 0 Å². The molecule has 1 atom stereocenters. The molecule has 0 N–H and O–H groups in total. The Kier molecular flexibility index (Phi) is 5.26. The summed E-state index contributed by atoms with van der Waals surface area (Å²) in [5.74, 6) is 1.20.